The number of allylic oxidation sites excluding steroid dienone is 4. The molecular formula is C10H13N. The standard InChI is InChI=1S/C10H13N/c11-10-7-3-5-8-4-1-2-6-9(8)10/h1-4,6-10H,5,11H2/t8?,9-,10?/m1/s1. The van der Waals surface area contributed by atoms with Crippen LogP contribution >= 0.6 is 0 Å². The first kappa shape index (κ1) is 6.86. The Kier molecular flexibility index (Phi) is 1.66. The maximum Gasteiger partial charge on any atom is 0.0293 e. The third kappa shape index (κ3) is 1.16. The van der Waals surface area contributed by atoms with E-state index in [-0.39, 0.29) is 6.04 Å². The van der Waals surface area contributed by atoms with E-state index >= 15 is 0 Å². The largest absolute Gasteiger partial charge is 0.324 e. The fraction of sp³-hybridized carbons (Fsp3) is 0.400. The predicted octanol–water partition coefficient (Wildman–Crippen LogP) is 1.63. The highest BCUT2D eigenvalue weighted by Crippen LogP contribution is 2.29. The first-order chi connectivity index (χ1) is 5.38. The van der Waals surface area contributed by atoms with Crippen LogP contribution in [-0.2, 0) is 0 Å². The van der Waals surface area contributed by atoms with Crippen molar-refractivity contribution in [2.24, 2.45) is 17.6 Å². The van der Waals surface area contributed by atoms with Crippen molar-refractivity contribution in [3.8, 4) is 0 Å². The van der Waals surface area contributed by atoms with Crippen LogP contribution in [0.3, 0.4) is 0 Å². The van der Waals surface area contributed by atoms with Gasteiger partial charge in [-0.15, -0.1) is 0 Å². The maximum atomic E-state index is 5.92. The molecule has 0 aromatic heterocycles. The molecule has 0 aliphatic heterocycles. The SMILES string of the molecule is NC1C=CCC2C=CC=C[C@@H]12. The van der Waals surface area contributed by atoms with Crippen molar-refractivity contribution >= 4 is 0 Å². The summed E-state index contributed by atoms with van der Waals surface area (Å²) >= 11 is 0. The molecule has 58 valence electrons. The smallest absolute Gasteiger partial charge is 0.0293 e. The summed E-state index contributed by atoms with van der Waals surface area (Å²) < 4.78 is 0. The maximum absolute atomic E-state index is 5.92. The van der Waals surface area contributed by atoms with Gasteiger partial charge in [-0.2, -0.15) is 0 Å². The van der Waals surface area contributed by atoms with Crippen LogP contribution in [0.4, 0.5) is 0 Å². The summed E-state index contributed by atoms with van der Waals surface area (Å²) in [6, 6.07) is 0.231. The van der Waals surface area contributed by atoms with Gasteiger partial charge >= 0.3 is 0 Å². The highest BCUT2D eigenvalue weighted by Gasteiger charge is 2.24. The second-order valence-electron chi connectivity index (χ2n) is 3.25. The first-order valence-electron chi connectivity index (χ1n) is 4.15. The minimum Gasteiger partial charge on any atom is -0.324 e. The third-order valence-electron chi connectivity index (χ3n) is 2.51. The number of nitrogens with two attached hydrogens (primary N) is 1. The van der Waals surface area contributed by atoms with Gasteiger partial charge in [-0.1, -0.05) is 36.5 Å². The molecule has 1 heteroatoms. The van der Waals surface area contributed by atoms with Gasteiger partial charge in [0.05, 0.1) is 0 Å². The molecule has 0 aromatic carbocycles. The van der Waals surface area contributed by atoms with Gasteiger partial charge in [0, 0.05) is 12.0 Å². The van der Waals surface area contributed by atoms with Crippen molar-refractivity contribution in [1.82, 2.24) is 0 Å². The zero-order valence-corrected chi connectivity index (χ0v) is 6.48. The van der Waals surface area contributed by atoms with Gasteiger partial charge < -0.3 is 5.73 Å². The Bertz CT molecular complexity index is 225. The highest BCUT2D eigenvalue weighted by molar-refractivity contribution is 5.21. The van der Waals surface area contributed by atoms with E-state index in [1.165, 1.54) is 0 Å². The normalized spacial score (nSPS) is 40.6. The van der Waals surface area contributed by atoms with E-state index in [1.807, 2.05) is 0 Å². The second-order valence-corrected chi connectivity index (χ2v) is 3.25. The van der Waals surface area contributed by atoms with Crippen LogP contribution in [0.25, 0.3) is 0 Å². The van der Waals surface area contributed by atoms with E-state index in [2.05, 4.69) is 36.5 Å². The molecule has 0 saturated carbocycles. The van der Waals surface area contributed by atoms with Crippen molar-refractivity contribution in [3.05, 3.63) is 36.5 Å². The van der Waals surface area contributed by atoms with Gasteiger partial charge in [0.25, 0.3) is 0 Å². The minimum atomic E-state index is 0.231. The lowest BCUT2D eigenvalue weighted by atomic mass is 9.78. The zero-order chi connectivity index (χ0) is 7.68. The Balaban J connectivity index is 2.23. The van der Waals surface area contributed by atoms with Gasteiger partial charge in [0.2, 0.25) is 0 Å². The highest BCUT2D eigenvalue weighted by atomic mass is 14.6. The molecule has 2 N–H and O–H groups in total. The van der Waals surface area contributed by atoms with E-state index < -0.39 is 0 Å². The van der Waals surface area contributed by atoms with Crippen LogP contribution in [0.2, 0.25) is 0 Å². The van der Waals surface area contributed by atoms with Crippen molar-refractivity contribution in [1.29, 1.82) is 0 Å². The van der Waals surface area contributed by atoms with Gasteiger partial charge in [0.1, 0.15) is 0 Å². The molecule has 0 heterocycles. The Hall–Kier alpha value is -0.820. The number of fused-ring (bicyclic) bond motifs is 1. The lowest BCUT2D eigenvalue weighted by molar-refractivity contribution is 0.416. The van der Waals surface area contributed by atoms with Gasteiger partial charge in [-0.05, 0) is 12.3 Å². The van der Waals surface area contributed by atoms with E-state index in [0.717, 1.165) is 6.42 Å². The molecule has 0 radical (unpaired) electrons. The quantitative estimate of drug-likeness (QED) is 0.518. The van der Waals surface area contributed by atoms with E-state index in [0.29, 0.717) is 11.8 Å². The van der Waals surface area contributed by atoms with Crippen molar-refractivity contribution in [2.45, 2.75) is 12.5 Å². The average molecular weight is 147 g/mol. The van der Waals surface area contributed by atoms with E-state index in [9.17, 15) is 0 Å². The monoisotopic (exact) mass is 147 g/mol. The predicted molar refractivity (Wildman–Crippen MR) is 47.0 cm³/mol. The Labute approximate surface area is 67.3 Å². The summed E-state index contributed by atoms with van der Waals surface area (Å²) in [6.45, 7) is 0. The summed E-state index contributed by atoms with van der Waals surface area (Å²) in [5, 5.41) is 0. The molecule has 0 spiro atoms. The van der Waals surface area contributed by atoms with Crippen molar-refractivity contribution in [3.63, 3.8) is 0 Å². The van der Waals surface area contributed by atoms with Crippen LogP contribution in [-0.4, -0.2) is 6.04 Å². The Morgan fingerprint density at radius 1 is 1.09 bits per heavy atom. The first-order valence-corrected chi connectivity index (χ1v) is 4.15. The molecule has 0 amide bonds. The lowest BCUT2D eigenvalue weighted by Crippen LogP contribution is -2.34. The van der Waals surface area contributed by atoms with Gasteiger partial charge in [-0.25, -0.2) is 0 Å². The summed E-state index contributed by atoms with van der Waals surface area (Å²) in [7, 11) is 0. The zero-order valence-electron chi connectivity index (χ0n) is 6.48. The summed E-state index contributed by atoms with van der Waals surface area (Å²) in [5.74, 6) is 1.20. The van der Waals surface area contributed by atoms with Gasteiger partial charge in [-0.3, -0.25) is 0 Å². The molecule has 0 aromatic rings. The van der Waals surface area contributed by atoms with E-state index in [1.54, 1.807) is 0 Å². The number of rotatable bonds is 0. The second kappa shape index (κ2) is 2.67. The van der Waals surface area contributed by atoms with Crippen LogP contribution in [0.5, 0.6) is 0 Å². The topological polar surface area (TPSA) is 26.0 Å². The fourth-order valence-electron chi connectivity index (χ4n) is 1.84. The van der Waals surface area contributed by atoms with E-state index in [4.69, 9.17) is 5.73 Å². The molecule has 3 atom stereocenters. The minimum absolute atomic E-state index is 0.231. The summed E-state index contributed by atoms with van der Waals surface area (Å²) in [6.07, 6.45) is 14.2. The lowest BCUT2D eigenvalue weighted by Gasteiger charge is -2.30. The van der Waals surface area contributed by atoms with Crippen LogP contribution < -0.4 is 5.73 Å². The molecule has 2 aliphatic carbocycles. The van der Waals surface area contributed by atoms with Crippen LogP contribution in [0.15, 0.2) is 36.5 Å². The van der Waals surface area contributed by atoms with Crippen LogP contribution in [0.1, 0.15) is 6.42 Å². The van der Waals surface area contributed by atoms with Crippen molar-refractivity contribution < 1.29 is 0 Å². The molecule has 1 nitrogen and oxygen atoms in total. The Morgan fingerprint density at radius 2 is 1.91 bits per heavy atom. The molecule has 0 saturated heterocycles. The number of hydrogen-bond donors (Lipinski definition) is 1. The third-order valence-corrected chi connectivity index (χ3v) is 2.51. The van der Waals surface area contributed by atoms with Gasteiger partial charge in [0.15, 0.2) is 0 Å². The summed E-state index contributed by atoms with van der Waals surface area (Å²) in [5.41, 5.74) is 5.92. The molecule has 0 fully saturated rings. The number of hydrogen-bond acceptors (Lipinski definition) is 1. The Morgan fingerprint density at radius 3 is 2.73 bits per heavy atom. The molecule has 11 heavy (non-hydrogen) atoms. The fourth-order valence-corrected chi connectivity index (χ4v) is 1.84. The molecule has 2 unspecified atom stereocenters. The molecule has 0 bridgehead atoms. The van der Waals surface area contributed by atoms with Crippen LogP contribution in [0, 0.1) is 11.8 Å². The summed E-state index contributed by atoms with van der Waals surface area (Å²) in [4.78, 5) is 0. The molecular weight excluding hydrogens is 134 g/mol. The average Bonchev–Trinajstić information content (AvgIpc) is 2.06. The van der Waals surface area contributed by atoms with Crippen molar-refractivity contribution in [2.75, 3.05) is 0 Å². The molecule has 2 aliphatic rings. The molecule has 2 rings (SSSR count).